The van der Waals surface area contributed by atoms with Crippen LogP contribution in [-0.2, 0) is 6.42 Å². The number of methoxy groups -OCH3 is 1. The molecule has 0 spiro atoms. The maximum Gasteiger partial charge on any atom is 0.233 e. The average Bonchev–Trinajstić information content (AvgIpc) is 2.65. The lowest BCUT2D eigenvalue weighted by atomic mass is 10.2. The third kappa shape index (κ3) is 1.98. The summed E-state index contributed by atoms with van der Waals surface area (Å²) >= 11 is 0. The van der Waals surface area contributed by atoms with Gasteiger partial charge in [0.1, 0.15) is 5.75 Å². The SMILES string of the molecule is CCc1c(C)c(O)nn1-c1ccc(OC)cc1. The van der Waals surface area contributed by atoms with E-state index in [2.05, 4.69) is 5.10 Å². The standard InChI is InChI=1S/C13H16N2O2/c1-4-12-9(2)13(16)14-15(12)10-5-7-11(17-3)8-6-10/h5-8H,4H2,1-3H3,(H,14,16). The van der Waals surface area contributed by atoms with Gasteiger partial charge in [0.15, 0.2) is 0 Å². The summed E-state index contributed by atoms with van der Waals surface area (Å²) in [6.07, 6.45) is 0.825. The Morgan fingerprint density at radius 2 is 1.94 bits per heavy atom. The van der Waals surface area contributed by atoms with Gasteiger partial charge >= 0.3 is 0 Å². The lowest BCUT2D eigenvalue weighted by Crippen LogP contribution is -2.01. The summed E-state index contributed by atoms with van der Waals surface area (Å²) in [6, 6.07) is 7.60. The van der Waals surface area contributed by atoms with Crippen LogP contribution in [0.15, 0.2) is 24.3 Å². The number of benzene rings is 1. The lowest BCUT2D eigenvalue weighted by Gasteiger charge is -2.07. The molecule has 0 atom stereocenters. The number of aromatic hydroxyl groups is 1. The zero-order chi connectivity index (χ0) is 12.4. The highest BCUT2D eigenvalue weighted by atomic mass is 16.5. The maximum absolute atomic E-state index is 9.66. The second-order valence-electron chi connectivity index (χ2n) is 3.86. The number of rotatable bonds is 3. The average molecular weight is 232 g/mol. The molecule has 0 saturated carbocycles. The predicted molar refractivity (Wildman–Crippen MR) is 65.9 cm³/mol. The molecule has 2 rings (SSSR count). The van der Waals surface area contributed by atoms with E-state index in [-0.39, 0.29) is 5.88 Å². The summed E-state index contributed by atoms with van der Waals surface area (Å²) < 4.78 is 6.88. The van der Waals surface area contributed by atoms with Crippen molar-refractivity contribution in [2.45, 2.75) is 20.3 Å². The fourth-order valence-electron chi connectivity index (χ4n) is 1.87. The highest BCUT2D eigenvalue weighted by Crippen LogP contribution is 2.24. The van der Waals surface area contributed by atoms with Crippen molar-refractivity contribution in [1.29, 1.82) is 0 Å². The minimum atomic E-state index is 0.0951. The molecular weight excluding hydrogens is 216 g/mol. The largest absolute Gasteiger partial charge is 0.497 e. The van der Waals surface area contributed by atoms with Crippen molar-refractivity contribution in [3.05, 3.63) is 35.5 Å². The van der Waals surface area contributed by atoms with E-state index in [4.69, 9.17) is 4.74 Å². The Hall–Kier alpha value is -1.97. The van der Waals surface area contributed by atoms with E-state index in [9.17, 15) is 5.11 Å². The van der Waals surface area contributed by atoms with Crippen LogP contribution in [0.5, 0.6) is 11.6 Å². The zero-order valence-electron chi connectivity index (χ0n) is 10.3. The number of aromatic nitrogens is 2. The minimum absolute atomic E-state index is 0.0951. The van der Waals surface area contributed by atoms with Gasteiger partial charge in [-0.25, -0.2) is 4.68 Å². The van der Waals surface area contributed by atoms with Crippen LogP contribution in [0.3, 0.4) is 0 Å². The van der Waals surface area contributed by atoms with E-state index in [1.165, 1.54) is 0 Å². The first-order valence-electron chi connectivity index (χ1n) is 5.59. The van der Waals surface area contributed by atoms with Crippen molar-refractivity contribution < 1.29 is 9.84 Å². The Morgan fingerprint density at radius 1 is 1.29 bits per heavy atom. The normalized spacial score (nSPS) is 10.5. The van der Waals surface area contributed by atoms with Gasteiger partial charge in [0.2, 0.25) is 5.88 Å². The van der Waals surface area contributed by atoms with Crippen LogP contribution >= 0.6 is 0 Å². The van der Waals surface area contributed by atoms with Crippen molar-refractivity contribution in [1.82, 2.24) is 9.78 Å². The van der Waals surface area contributed by atoms with Gasteiger partial charge in [-0.2, -0.15) is 0 Å². The van der Waals surface area contributed by atoms with Crippen molar-refractivity contribution in [2.24, 2.45) is 0 Å². The van der Waals surface area contributed by atoms with Gasteiger partial charge in [0.05, 0.1) is 18.5 Å². The van der Waals surface area contributed by atoms with E-state index in [0.29, 0.717) is 0 Å². The first kappa shape index (κ1) is 11.5. The molecule has 1 heterocycles. The highest BCUT2D eigenvalue weighted by Gasteiger charge is 2.13. The minimum Gasteiger partial charge on any atom is -0.497 e. The van der Waals surface area contributed by atoms with E-state index in [1.54, 1.807) is 11.8 Å². The number of nitrogens with zero attached hydrogens (tertiary/aromatic N) is 2. The number of hydrogen-bond acceptors (Lipinski definition) is 3. The summed E-state index contributed by atoms with van der Waals surface area (Å²) in [4.78, 5) is 0. The molecule has 1 N–H and O–H groups in total. The lowest BCUT2D eigenvalue weighted by molar-refractivity contribution is 0.414. The number of ether oxygens (including phenoxy) is 1. The Labute approximate surface area is 100 Å². The molecule has 0 aliphatic rings. The molecule has 2 aromatic rings. The van der Waals surface area contributed by atoms with E-state index < -0.39 is 0 Å². The van der Waals surface area contributed by atoms with Crippen LogP contribution in [0, 0.1) is 6.92 Å². The third-order valence-corrected chi connectivity index (χ3v) is 2.87. The summed E-state index contributed by atoms with van der Waals surface area (Å²) in [5, 5.41) is 13.8. The Balaban J connectivity index is 2.48. The highest BCUT2D eigenvalue weighted by molar-refractivity contribution is 5.41. The molecule has 0 unspecified atom stereocenters. The van der Waals surface area contributed by atoms with Crippen molar-refractivity contribution in [2.75, 3.05) is 7.11 Å². The van der Waals surface area contributed by atoms with Gasteiger partial charge in [-0.1, -0.05) is 6.92 Å². The summed E-state index contributed by atoms with van der Waals surface area (Å²) in [7, 11) is 1.64. The van der Waals surface area contributed by atoms with Gasteiger partial charge in [0.25, 0.3) is 0 Å². The summed E-state index contributed by atoms with van der Waals surface area (Å²) in [5.41, 5.74) is 2.78. The molecule has 0 fully saturated rings. The van der Waals surface area contributed by atoms with Crippen LogP contribution in [0.1, 0.15) is 18.2 Å². The molecular formula is C13H16N2O2. The molecule has 0 saturated heterocycles. The van der Waals surface area contributed by atoms with Crippen LogP contribution in [0.4, 0.5) is 0 Å². The molecule has 0 amide bonds. The van der Waals surface area contributed by atoms with Gasteiger partial charge in [-0.15, -0.1) is 5.10 Å². The molecule has 1 aromatic heterocycles. The van der Waals surface area contributed by atoms with Crippen molar-refractivity contribution in [3.63, 3.8) is 0 Å². The predicted octanol–water partition coefficient (Wildman–Crippen LogP) is 2.46. The molecule has 1 aromatic carbocycles. The topological polar surface area (TPSA) is 47.3 Å². The van der Waals surface area contributed by atoms with Crippen LogP contribution < -0.4 is 4.74 Å². The molecule has 4 nitrogen and oxygen atoms in total. The van der Waals surface area contributed by atoms with Crippen LogP contribution in [0.25, 0.3) is 5.69 Å². The first-order valence-corrected chi connectivity index (χ1v) is 5.59. The van der Waals surface area contributed by atoms with Crippen LogP contribution in [0.2, 0.25) is 0 Å². The quantitative estimate of drug-likeness (QED) is 0.884. The fraction of sp³-hybridized carbons (Fsp3) is 0.308. The third-order valence-electron chi connectivity index (χ3n) is 2.87. The zero-order valence-corrected chi connectivity index (χ0v) is 10.3. The van der Waals surface area contributed by atoms with E-state index >= 15 is 0 Å². The number of hydrogen-bond donors (Lipinski definition) is 1. The molecule has 0 aliphatic carbocycles. The molecule has 4 heteroatoms. The molecule has 90 valence electrons. The Morgan fingerprint density at radius 3 is 2.47 bits per heavy atom. The molecule has 17 heavy (non-hydrogen) atoms. The van der Waals surface area contributed by atoms with E-state index in [1.807, 2.05) is 38.1 Å². The first-order chi connectivity index (χ1) is 8.17. The van der Waals surface area contributed by atoms with Gasteiger partial charge in [0, 0.05) is 5.56 Å². The second-order valence-corrected chi connectivity index (χ2v) is 3.86. The fourth-order valence-corrected chi connectivity index (χ4v) is 1.87. The maximum atomic E-state index is 9.66. The van der Waals surface area contributed by atoms with Crippen LogP contribution in [-0.4, -0.2) is 22.0 Å². The van der Waals surface area contributed by atoms with Crippen molar-refractivity contribution in [3.8, 4) is 17.3 Å². The summed E-state index contributed by atoms with van der Waals surface area (Å²) in [6.45, 7) is 3.92. The van der Waals surface area contributed by atoms with Gasteiger partial charge in [-0.3, -0.25) is 0 Å². The monoisotopic (exact) mass is 232 g/mol. The second kappa shape index (κ2) is 4.49. The molecule has 0 bridgehead atoms. The smallest absolute Gasteiger partial charge is 0.233 e. The Bertz CT molecular complexity index is 515. The van der Waals surface area contributed by atoms with Gasteiger partial charge in [-0.05, 0) is 37.6 Å². The van der Waals surface area contributed by atoms with Crippen molar-refractivity contribution >= 4 is 0 Å². The summed E-state index contributed by atoms with van der Waals surface area (Å²) in [5.74, 6) is 0.901. The molecule has 0 radical (unpaired) electrons. The Kier molecular flexibility index (Phi) is 3.04. The molecule has 0 aliphatic heterocycles. The van der Waals surface area contributed by atoms with E-state index in [0.717, 1.165) is 29.1 Å². The van der Waals surface area contributed by atoms with Gasteiger partial charge < -0.3 is 9.84 Å².